The van der Waals surface area contributed by atoms with Crippen LogP contribution in [0, 0.1) is 3.57 Å². The molecule has 2 rings (SSSR count). The van der Waals surface area contributed by atoms with Gasteiger partial charge in [0.15, 0.2) is 5.82 Å². The number of aryl methyl sites for hydroxylation is 1. The van der Waals surface area contributed by atoms with Gasteiger partial charge in [0, 0.05) is 15.7 Å². The predicted octanol–water partition coefficient (Wildman–Crippen LogP) is 4.13. The molecular weight excluding hydrogens is 337 g/mol. The lowest BCUT2D eigenvalue weighted by atomic mass is 10.2. The van der Waals surface area contributed by atoms with Crippen LogP contribution in [0.1, 0.15) is 32.6 Å². The lowest BCUT2D eigenvalue weighted by Gasteiger charge is -1.99. The molecule has 1 aromatic carbocycles. The monoisotopic (exact) mass is 355 g/mol. The molecule has 18 heavy (non-hydrogen) atoms. The van der Waals surface area contributed by atoms with Gasteiger partial charge >= 0.3 is 0 Å². The van der Waals surface area contributed by atoms with Gasteiger partial charge in [-0.3, -0.25) is 4.68 Å². The van der Waals surface area contributed by atoms with Crippen molar-refractivity contribution < 1.29 is 0 Å². The van der Waals surface area contributed by atoms with E-state index in [-0.39, 0.29) is 0 Å². The Balaban J connectivity index is 1.95. The fourth-order valence-electron chi connectivity index (χ4n) is 1.83. The fourth-order valence-corrected chi connectivity index (χ4v) is 2.19. The standard InChI is InChI=1S/C14H18IN3/c1-2-3-4-5-10-18-11-16-14(17-18)12-6-8-13(15)9-7-12/h6-9,11H,2-5,10H2,1H3. The van der Waals surface area contributed by atoms with E-state index in [1.54, 1.807) is 0 Å². The summed E-state index contributed by atoms with van der Waals surface area (Å²) in [4.78, 5) is 4.36. The Kier molecular flexibility index (Phi) is 5.16. The van der Waals surface area contributed by atoms with Crippen molar-refractivity contribution in [1.29, 1.82) is 0 Å². The van der Waals surface area contributed by atoms with Crippen molar-refractivity contribution in [2.45, 2.75) is 39.2 Å². The van der Waals surface area contributed by atoms with E-state index in [9.17, 15) is 0 Å². The van der Waals surface area contributed by atoms with E-state index in [0.717, 1.165) is 17.9 Å². The molecule has 0 saturated heterocycles. The van der Waals surface area contributed by atoms with Gasteiger partial charge in [-0.25, -0.2) is 4.98 Å². The van der Waals surface area contributed by atoms with E-state index in [4.69, 9.17) is 0 Å². The third kappa shape index (κ3) is 3.80. The number of benzene rings is 1. The van der Waals surface area contributed by atoms with Crippen LogP contribution < -0.4 is 0 Å². The molecule has 0 amide bonds. The molecule has 0 bridgehead atoms. The summed E-state index contributed by atoms with van der Waals surface area (Å²) >= 11 is 2.30. The molecule has 2 aromatic rings. The zero-order valence-corrected chi connectivity index (χ0v) is 12.8. The minimum atomic E-state index is 0.821. The topological polar surface area (TPSA) is 30.7 Å². The molecule has 0 fully saturated rings. The Morgan fingerprint density at radius 3 is 2.61 bits per heavy atom. The normalized spacial score (nSPS) is 10.8. The van der Waals surface area contributed by atoms with Crippen molar-refractivity contribution in [1.82, 2.24) is 14.8 Å². The summed E-state index contributed by atoms with van der Waals surface area (Å²) in [6, 6.07) is 8.30. The minimum Gasteiger partial charge on any atom is -0.252 e. The Morgan fingerprint density at radius 1 is 1.11 bits per heavy atom. The van der Waals surface area contributed by atoms with E-state index in [0.29, 0.717) is 0 Å². The van der Waals surface area contributed by atoms with Crippen molar-refractivity contribution in [3.63, 3.8) is 0 Å². The molecule has 0 saturated carbocycles. The van der Waals surface area contributed by atoms with Crippen LogP contribution in [0.2, 0.25) is 0 Å². The highest BCUT2D eigenvalue weighted by molar-refractivity contribution is 14.1. The maximum atomic E-state index is 4.51. The molecule has 0 unspecified atom stereocenters. The van der Waals surface area contributed by atoms with Crippen molar-refractivity contribution in [3.05, 3.63) is 34.2 Å². The van der Waals surface area contributed by atoms with Gasteiger partial charge in [-0.05, 0) is 41.1 Å². The Labute approximate surface area is 122 Å². The maximum Gasteiger partial charge on any atom is 0.181 e. The number of hydrogen-bond acceptors (Lipinski definition) is 2. The molecule has 96 valence electrons. The van der Waals surface area contributed by atoms with Gasteiger partial charge < -0.3 is 0 Å². The highest BCUT2D eigenvalue weighted by Crippen LogP contribution is 2.16. The number of unbranched alkanes of at least 4 members (excludes halogenated alkanes) is 3. The van der Waals surface area contributed by atoms with Crippen LogP contribution in [0.4, 0.5) is 0 Å². The quantitative estimate of drug-likeness (QED) is 0.576. The van der Waals surface area contributed by atoms with Gasteiger partial charge in [0.2, 0.25) is 0 Å². The lowest BCUT2D eigenvalue weighted by molar-refractivity contribution is 0.541. The average molecular weight is 355 g/mol. The lowest BCUT2D eigenvalue weighted by Crippen LogP contribution is -1.98. The summed E-state index contributed by atoms with van der Waals surface area (Å²) in [5.41, 5.74) is 1.09. The molecule has 0 aliphatic rings. The SMILES string of the molecule is CCCCCCn1cnc(-c2ccc(I)cc2)n1. The van der Waals surface area contributed by atoms with Crippen LogP contribution in [0.25, 0.3) is 11.4 Å². The van der Waals surface area contributed by atoms with E-state index < -0.39 is 0 Å². The predicted molar refractivity (Wildman–Crippen MR) is 82.3 cm³/mol. The van der Waals surface area contributed by atoms with Crippen LogP contribution >= 0.6 is 22.6 Å². The molecule has 0 radical (unpaired) electrons. The molecule has 0 spiro atoms. The van der Waals surface area contributed by atoms with Crippen LogP contribution in [0.5, 0.6) is 0 Å². The van der Waals surface area contributed by atoms with Gasteiger partial charge in [0.05, 0.1) is 0 Å². The first-order valence-electron chi connectivity index (χ1n) is 6.45. The van der Waals surface area contributed by atoms with Crippen LogP contribution in [0.3, 0.4) is 0 Å². The third-order valence-electron chi connectivity index (χ3n) is 2.88. The Hall–Kier alpha value is -0.910. The summed E-state index contributed by atoms with van der Waals surface area (Å²) in [6.07, 6.45) is 6.86. The first kappa shape index (κ1) is 13.5. The average Bonchev–Trinajstić information content (AvgIpc) is 2.84. The third-order valence-corrected chi connectivity index (χ3v) is 3.60. The Bertz CT molecular complexity index is 476. The molecule has 0 aliphatic carbocycles. The molecule has 1 aromatic heterocycles. The molecule has 3 nitrogen and oxygen atoms in total. The molecule has 1 heterocycles. The van der Waals surface area contributed by atoms with Crippen molar-refractivity contribution >= 4 is 22.6 Å². The number of halogens is 1. The van der Waals surface area contributed by atoms with Gasteiger partial charge in [0.25, 0.3) is 0 Å². The van der Waals surface area contributed by atoms with E-state index in [2.05, 4.69) is 63.9 Å². The van der Waals surface area contributed by atoms with E-state index >= 15 is 0 Å². The largest absolute Gasteiger partial charge is 0.252 e. The summed E-state index contributed by atoms with van der Waals surface area (Å²) in [5.74, 6) is 0.821. The summed E-state index contributed by atoms with van der Waals surface area (Å²) in [6.45, 7) is 3.20. The smallest absolute Gasteiger partial charge is 0.181 e. The highest BCUT2D eigenvalue weighted by Gasteiger charge is 2.03. The van der Waals surface area contributed by atoms with Crippen LogP contribution in [-0.4, -0.2) is 14.8 Å². The number of rotatable bonds is 6. The Morgan fingerprint density at radius 2 is 1.89 bits per heavy atom. The first-order valence-corrected chi connectivity index (χ1v) is 7.53. The highest BCUT2D eigenvalue weighted by atomic mass is 127. The van der Waals surface area contributed by atoms with Gasteiger partial charge in [-0.1, -0.05) is 38.3 Å². The summed E-state index contributed by atoms with van der Waals surface area (Å²) < 4.78 is 3.18. The second-order valence-corrected chi connectivity index (χ2v) is 5.64. The van der Waals surface area contributed by atoms with Crippen molar-refractivity contribution in [2.75, 3.05) is 0 Å². The fraction of sp³-hybridized carbons (Fsp3) is 0.429. The van der Waals surface area contributed by atoms with Gasteiger partial charge in [-0.15, -0.1) is 0 Å². The van der Waals surface area contributed by atoms with Crippen LogP contribution in [0.15, 0.2) is 30.6 Å². The molecule has 0 atom stereocenters. The molecule has 0 aliphatic heterocycles. The van der Waals surface area contributed by atoms with E-state index in [1.165, 1.54) is 29.3 Å². The second-order valence-electron chi connectivity index (χ2n) is 4.40. The number of hydrogen-bond donors (Lipinski definition) is 0. The number of nitrogens with zero attached hydrogens (tertiary/aromatic N) is 3. The zero-order chi connectivity index (χ0) is 12.8. The first-order chi connectivity index (χ1) is 8.79. The van der Waals surface area contributed by atoms with Crippen molar-refractivity contribution in [2.24, 2.45) is 0 Å². The van der Waals surface area contributed by atoms with Gasteiger partial charge in [-0.2, -0.15) is 5.10 Å². The second kappa shape index (κ2) is 6.87. The zero-order valence-electron chi connectivity index (χ0n) is 10.6. The molecule has 0 N–H and O–H groups in total. The molecular formula is C14H18IN3. The minimum absolute atomic E-state index is 0.821. The van der Waals surface area contributed by atoms with Gasteiger partial charge in [0.1, 0.15) is 6.33 Å². The van der Waals surface area contributed by atoms with Crippen molar-refractivity contribution in [3.8, 4) is 11.4 Å². The molecule has 4 heteroatoms. The number of aromatic nitrogens is 3. The van der Waals surface area contributed by atoms with E-state index in [1.807, 2.05) is 11.0 Å². The van der Waals surface area contributed by atoms with Crippen LogP contribution in [-0.2, 0) is 6.54 Å². The maximum absolute atomic E-state index is 4.51. The summed E-state index contributed by atoms with van der Waals surface area (Å²) in [7, 11) is 0. The summed E-state index contributed by atoms with van der Waals surface area (Å²) in [5, 5.41) is 4.51.